The minimum atomic E-state index is -2.82. The summed E-state index contributed by atoms with van der Waals surface area (Å²) >= 11 is 0. The van der Waals surface area contributed by atoms with Crippen molar-refractivity contribution in [3.8, 4) is 0 Å². The zero-order chi connectivity index (χ0) is 20.9. The third-order valence-corrected chi connectivity index (χ3v) is 10.6. The molecule has 3 rings (SSSR count). The van der Waals surface area contributed by atoms with Gasteiger partial charge in [0, 0.05) is 12.6 Å². The Labute approximate surface area is 173 Å². The van der Waals surface area contributed by atoms with Gasteiger partial charge in [-0.2, -0.15) is 0 Å². The molecule has 0 bridgehead atoms. The molecule has 0 saturated carbocycles. The van der Waals surface area contributed by atoms with E-state index in [-0.39, 0.29) is 17.7 Å². The molecule has 0 amide bonds. The van der Waals surface area contributed by atoms with Crippen LogP contribution < -0.4 is 15.7 Å². The number of ether oxygens (including phenoxy) is 1. The van der Waals surface area contributed by atoms with Crippen molar-refractivity contribution < 1.29 is 17.9 Å². The molecule has 2 aromatic carbocycles. The molecule has 1 N–H and O–H groups in total. The third kappa shape index (κ3) is 4.94. The molecule has 2 atom stereocenters. The van der Waals surface area contributed by atoms with Crippen LogP contribution in [0.4, 0.5) is 8.78 Å². The molecule has 29 heavy (non-hydrogen) atoms. The van der Waals surface area contributed by atoms with Gasteiger partial charge in [-0.3, -0.25) is 0 Å². The molecule has 0 aromatic heterocycles. The Morgan fingerprint density at radius 3 is 2.00 bits per heavy atom. The van der Waals surface area contributed by atoms with Crippen molar-refractivity contribution in [1.82, 2.24) is 5.32 Å². The van der Waals surface area contributed by atoms with Crippen molar-refractivity contribution in [2.75, 3.05) is 19.8 Å². The van der Waals surface area contributed by atoms with Gasteiger partial charge in [0.05, 0.1) is 19.3 Å². The molecule has 0 aliphatic carbocycles. The van der Waals surface area contributed by atoms with Crippen LogP contribution in [0.1, 0.15) is 27.2 Å². The van der Waals surface area contributed by atoms with Gasteiger partial charge < -0.3 is 14.5 Å². The van der Waals surface area contributed by atoms with E-state index in [1.54, 1.807) is 0 Å². The van der Waals surface area contributed by atoms with E-state index in [1.165, 1.54) is 0 Å². The normalized spacial score (nSPS) is 18.9. The summed E-state index contributed by atoms with van der Waals surface area (Å²) in [5.74, 6) is 0. The van der Waals surface area contributed by atoms with Gasteiger partial charge in [0.1, 0.15) is 0 Å². The minimum Gasteiger partial charge on any atom is -0.406 e. The predicted molar refractivity (Wildman–Crippen MR) is 116 cm³/mol. The Morgan fingerprint density at radius 2 is 1.59 bits per heavy atom. The van der Waals surface area contributed by atoms with Crippen molar-refractivity contribution in [3.63, 3.8) is 0 Å². The molecule has 2 unspecified atom stereocenters. The molecular weight excluding hydrogens is 388 g/mol. The molecule has 158 valence electrons. The minimum absolute atomic E-state index is 0.0402. The molecule has 2 aromatic rings. The van der Waals surface area contributed by atoms with Crippen LogP contribution in [-0.2, 0) is 9.16 Å². The Bertz CT molecular complexity index is 707. The molecule has 0 radical (unpaired) electrons. The van der Waals surface area contributed by atoms with Crippen LogP contribution in [0.15, 0.2) is 60.7 Å². The predicted octanol–water partition coefficient (Wildman–Crippen LogP) is 3.58. The highest BCUT2D eigenvalue weighted by molar-refractivity contribution is 6.99. The lowest BCUT2D eigenvalue weighted by molar-refractivity contribution is 0.0614. The van der Waals surface area contributed by atoms with Crippen molar-refractivity contribution in [3.05, 3.63) is 60.7 Å². The van der Waals surface area contributed by atoms with Gasteiger partial charge in [0.25, 0.3) is 14.7 Å². The average Bonchev–Trinajstić information content (AvgIpc) is 3.21. The van der Waals surface area contributed by atoms with Crippen molar-refractivity contribution in [2.24, 2.45) is 0 Å². The molecule has 6 heteroatoms. The Balaban J connectivity index is 1.96. The van der Waals surface area contributed by atoms with E-state index in [2.05, 4.69) is 50.4 Å². The summed E-state index contributed by atoms with van der Waals surface area (Å²) < 4.78 is 39.7. The fraction of sp³-hybridized carbons (Fsp3) is 0.478. The molecule has 1 saturated heterocycles. The van der Waals surface area contributed by atoms with E-state index < -0.39 is 20.8 Å². The fourth-order valence-corrected chi connectivity index (χ4v) is 8.72. The van der Waals surface area contributed by atoms with Crippen LogP contribution in [0.3, 0.4) is 0 Å². The highest BCUT2D eigenvalue weighted by Gasteiger charge is 2.50. The number of hydrogen-bond acceptors (Lipinski definition) is 3. The standard InChI is InChI=1S/C23H31F2NO2Si/c1-23(2,3)29(19-10-6-4-7-11-19,20-12-8-5-9-13-20)28-17-21(22(24)25)26-18-14-15-27-16-18/h4-13,18,21-22,26H,14-17H2,1-3H3. The van der Waals surface area contributed by atoms with E-state index >= 15 is 0 Å². The van der Waals surface area contributed by atoms with E-state index in [1.807, 2.05) is 36.4 Å². The summed E-state index contributed by atoms with van der Waals surface area (Å²) in [5.41, 5.74) is 0. The number of alkyl halides is 2. The molecule has 1 fully saturated rings. The Hall–Kier alpha value is -1.60. The number of benzene rings is 2. The van der Waals surface area contributed by atoms with Crippen molar-refractivity contribution in [2.45, 2.75) is 50.7 Å². The average molecular weight is 420 g/mol. The van der Waals surface area contributed by atoms with Crippen LogP contribution in [0.25, 0.3) is 0 Å². The molecule has 1 heterocycles. The first kappa shape index (κ1) is 22.1. The van der Waals surface area contributed by atoms with E-state index in [0.717, 1.165) is 16.8 Å². The van der Waals surface area contributed by atoms with Crippen molar-refractivity contribution >= 4 is 18.7 Å². The zero-order valence-electron chi connectivity index (χ0n) is 17.4. The number of rotatable bonds is 8. The number of hydrogen-bond donors (Lipinski definition) is 1. The monoisotopic (exact) mass is 419 g/mol. The van der Waals surface area contributed by atoms with Crippen LogP contribution in [-0.4, -0.2) is 46.6 Å². The molecule has 1 aliphatic rings. The summed E-state index contributed by atoms with van der Waals surface area (Å²) in [6.45, 7) is 7.49. The smallest absolute Gasteiger partial charge is 0.261 e. The molecule has 3 nitrogen and oxygen atoms in total. The first-order chi connectivity index (χ1) is 13.8. The maximum Gasteiger partial charge on any atom is 0.261 e. The molecule has 1 aliphatic heterocycles. The van der Waals surface area contributed by atoms with Gasteiger partial charge in [0.2, 0.25) is 0 Å². The number of halogens is 2. The lowest BCUT2D eigenvalue weighted by Gasteiger charge is -2.43. The number of nitrogens with one attached hydrogen (secondary N) is 1. The summed E-state index contributed by atoms with van der Waals surface area (Å²) in [6.07, 6.45) is -1.75. The second-order valence-electron chi connectivity index (χ2n) is 8.64. The maximum absolute atomic E-state index is 13.9. The largest absolute Gasteiger partial charge is 0.406 e. The molecular formula is C23H31F2NO2Si. The van der Waals surface area contributed by atoms with E-state index in [4.69, 9.17) is 9.16 Å². The maximum atomic E-state index is 13.9. The van der Waals surface area contributed by atoms with Gasteiger partial charge in [0.15, 0.2) is 0 Å². The van der Waals surface area contributed by atoms with E-state index in [9.17, 15) is 8.78 Å². The third-order valence-electron chi connectivity index (χ3n) is 5.58. The molecule has 0 spiro atoms. The highest BCUT2D eigenvalue weighted by Crippen LogP contribution is 2.37. The topological polar surface area (TPSA) is 30.5 Å². The first-order valence-corrected chi connectivity index (χ1v) is 12.1. The summed E-state index contributed by atoms with van der Waals surface area (Å²) in [5, 5.41) is 5.01. The zero-order valence-corrected chi connectivity index (χ0v) is 18.4. The Kier molecular flexibility index (Phi) is 7.22. The van der Waals surface area contributed by atoms with Crippen LogP contribution in [0.5, 0.6) is 0 Å². The summed E-state index contributed by atoms with van der Waals surface area (Å²) in [6, 6.07) is 19.1. The van der Waals surface area contributed by atoms with Gasteiger partial charge >= 0.3 is 0 Å². The van der Waals surface area contributed by atoms with Crippen LogP contribution in [0.2, 0.25) is 5.04 Å². The van der Waals surface area contributed by atoms with Crippen molar-refractivity contribution in [1.29, 1.82) is 0 Å². The second kappa shape index (κ2) is 9.47. The summed E-state index contributed by atoms with van der Waals surface area (Å²) in [4.78, 5) is 0. The first-order valence-electron chi connectivity index (χ1n) is 10.2. The van der Waals surface area contributed by atoms with Gasteiger partial charge in [-0.25, -0.2) is 8.78 Å². The van der Waals surface area contributed by atoms with Crippen LogP contribution >= 0.6 is 0 Å². The SMILES string of the molecule is CC(C)(C)[Si](OCC(NC1CCOC1)C(F)F)(c1ccccc1)c1ccccc1. The second-order valence-corrected chi connectivity index (χ2v) is 12.9. The highest BCUT2D eigenvalue weighted by atomic mass is 28.4. The lowest BCUT2D eigenvalue weighted by Crippen LogP contribution is -2.67. The van der Waals surface area contributed by atoms with Crippen LogP contribution in [0, 0.1) is 0 Å². The quantitative estimate of drug-likeness (QED) is 0.664. The lowest BCUT2D eigenvalue weighted by atomic mass is 10.2. The fourth-order valence-electron chi connectivity index (χ4n) is 4.14. The van der Waals surface area contributed by atoms with E-state index in [0.29, 0.717) is 13.2 Å². The van der Waals surface area contributed by atoms with Gasteiger partial charge in [-0.15, -0.1) is 0 Å². The Morgan fingerprint density at radius 1 is 1.03 bits per heavy atom. The van der Waals surface area contributed by atoms with Gasteiger partial charge in [-0.05, 0) is 21.8 Å². The van der Waals surface area contributed by atoms with Gasteiger partial charge in [-0.1, -0.05) is 81.4 Å². The summed E-state index contributed by atoms with van der Waals surface area (Å²) in [7, 11) is -2.82.